The minimum atomic E-state index is -3.52. The zero-order valence-corrected chi connectivity index (χ0v) is 14.7. The molecule has 0 N–H and O–H groups in total. The van der Waals surface area contributed by atoms with E-state index >= 15 is 0 Å². The number of aryl methyl sites for hydroxylation is 1. The maximum atomic E-state index is 12.7. The van der Waals surface area contributed by atoms with Crippen LogP contribution in [0.2, 0.25) is 0 Å². The standard InChI is InChI=1S/C14H16BrN3O3S/c1-8-10-7-16-14(22(2,20)21)17-12(10)18(13(19)11(8)15)9-5-3-4-6-9/h7,9H,3-6H2,1-2H3. The van der Waals surface area contributed by atoms with Crippen LogP contribution < -0.4 is 5.56 Å². The lowest BCUT2D eigenvalue weighted by Gasteiger charge is -2.18. The van der Waals surface area contributed by atoms with E-state index in [1.807, 2.05) is 0 Å². The average Bonchev–Trinajstić information content (AvgIpc) is 2.97. The molecule has 3 rings (SSSR count). The van der Waals surface area contributed by atoms with Gasteiger partial charge >= 0.3 is 0 Å². The molecule has 1 aliphatic carbocycles. The van der Waals surface area contributed by atoms with Crippen LogP contribution in [0.4, 0.5) is 0 Å². The molecule has 2 heterocycles. The van der Waals surface area contributed by atoms with Crippen molar-refractivity contribution >= 4 is 36.8 Å². The van der Waals surface area contributed by atoms with E-state index in [9.17, 15) is 13.2 Å². The zero-order valence-electron chi connectivity index (χ0n) is 12.3. The first-order chi connectivity index (χ1) is 10.3. The number of pyridine rings is 1. The van der Waals surface area contributed by atoms with E-state index in [1.54, 1.807) is 11.5 Å². The second-order valence-electron chi connectivity index (χ2n) is 5.71. The molecule has 22 heavy (non-hydrogen) atoms. The lowest BCUT2D eigenvalue weighted by atomic mass is 10.1. The minimum absolute atomic E-state index is 0.0641. The smallest absolute Gasteiger partial charge is 0.267 e. The summed E-state index contributed by atoms with van der Waals surface area (Å²) in [7, 11) is -3.52. The van der Waals surface area contributed by atoms with E-state index in [0.29, 0.717) is 15.5 Å². The molecule has 6 nitrogen and oxygen atoms in total. The third-order valence-corrected chi connectivity index (χ3v) is 5.93. The number of nitrogens with zero attached hydrogens (tertiary/aromatic N) is 3. The van der Waals surface area contributed by atoms with Crippen LogP contribution in [0.25, 0.3) is 11.0 Å². The van der Waals surface area contributed by atoms with E-state index in [0.717, 1.165) is 37.5 Å². The second-order valence-corrected chi connectivity index (χ2v) is 8.42. The molecule has 0 aromatic carbocycles. The largest absolute Gasteiger partial charge is 0.288 e. The normalized spacial score (nSPS) is 16.5. The van der Waals surface area contributed by atoms with Crippen molar-refractivity contribution in [1.29, 1.82) is 0 Å². The number of aromatic nitrogens is 3. The summed E-state index contributed by atoms with van der Waals surface area (Å²) in [5.41, 5.74) is 0.984. The highest BCUT2D eigenvalue weighted by Crippen LogP contribution is 2.32. The molecule has 0 radical (unpaired) electrons. The Bertz CT molecular complexity index is 915. The molecule has 118 valence electrons. The molecule has 1 saturated carbocycles. The van der Waals surface area contributed by atoms with Crippen LogP contribution in [0.3, 0.4) is 0 Å². The summed E-state index contributed by atoms with van der Waals surface area (Å²) >= 11 is 3.35. The summed E-state index contributed by atoms with van der Waals surface area (Å²) in [4.78, 5) is 20.8. The Labute approximate surface area is 136 Å². The van der Waals surface area contributed by atoms with Crippen LogP contribution in [0.15, 0.2) is 20.6 Å². The number of hydrogen-bond donors (Lipinski definition) is 0. The fourth-order valence-corrected chi connectivity index (χ4v) is 3.87. The van der Waals surface area contributed by atoms with Crippen LogP contribution in [0, 0.1) is 6.92 Å². The molecule has 1 fully saturated rings. The Hall–Kier alpha value is -1.28. The number of hydrogen-bond acceptors (Lipinski definition) is 5. The highest BCUT2D eigenvalue weighted by atomic mass is 79.9. The van der Waals surface area contributed by atoms with Gasteiger partial charge in [-0.3, -0.25) is 9.36 Å². The topological polar surface area (TPSA) is 81.9 Å². The fraction of sp³-hybridized carbons (Fsp3) is 0.500. The molecule has 0 amide bonds. The molecule has 0 atom stereocenters. The first-order valence-electron chi connectivity index (χ1n) is 7.08. The monoisotopic (exact) mass is 385 g/mol. The van der Waals surface area contributed by atoms with E-state index in [-0.39, 0.29) is 16.8 Å². The minimum Gasteiger partial charge on any atom is -0.288 e. The molecular weight excluding hydrogens is 370 g/mol. The Balaban J connectivity index is 2.42. The summed E-state index contributed by atoms with van der Waals surface area (Å²) in [6.45, 7) is 1.80. The maximum Gasteiger partial charge on any atom is 0.267 e. The van der Waals surface area contributed by atoms with Crippen molar-refractivity contribution in [3.8, 4) is 0 Å². The Morgan fingerprint density at radius 2 is 1.95 bits per heavy atom. The van der Waals surface area contributed by atoms with Crippen molar-refractivity contribution < 1.29 is 8.42 Å². The van der Waals surface area contributed by atoms with Gasteiger partial charge in [0.15, 0.2) is 0 Å². The van der Waals surface area contributed by atoms with Gasteiger partial charge in [-0.1, -0.05) is 12.8 Å². The van der Waals surface area contributed by atoms with Crippen LogP contribution >= 0.6 is 15.9 Å². The van der Waals surface area contributed by atoms with E-state index in [2.05, 4.69) is 25.9 Å². The lowest BCUT2D eigenvalue weighted by Crippen LogP contribution is -2.26. The summed E-state index contributed by atoms with van der Waals surface area (Å²) in [6.07, 6.45) is 6.50. The third-order valence-electron chi connectivity index (χ3n) is 4.14. The van der Waals surface area contributed by atoms with E-state index in [1.165, 1.54) is 6.20 Å². The predicted molar refractivity (Wildman–Crippen MR) is 86.8 cm³/mol. The fourth-order valence-electron chi connectivity index (χ4n) is 2.97. The molecule has 0 saturated heterocycles. The molecule has 0 spiro atoms. The lowest BCUT2D eigenvalue weighted by molar-refractivity contribution is 0.512. The van der Waals surface area contributed by atoms with Crippen molar-refractivity contribution in [2.24, 2.45) is 0 Å². The van der Waals surface area contributed by atoms with Crippen molar-refractivity contribution in [2.45, 2.75) is 43.8 Å². The van der Waals surface area contributed by atoms with Crippen molar-refractivity contribution in [3.05, 3.63) is 26.6 Å². The van der Waals surface area contributed by atoms with Gasteiger partial charge < -0.3 is 0 Å². The van der Waals surface area contributed by atoms with Gasteiger partial charge in [0, 0.05) is 23.9 Å². The number of rotatable bonds is 2. The van der Waals surface area contributed by atoms with E-state index < -0.39 is 9.84 Å². The zero-order chi connectivity index (χ0) is 16.1. The van der Waals surface area contributed by atoms with Crippen molar-refractivity contribution in [2.75, 3.05) is 6.26 Å². The van der Waals surface area contributed by atoms with Gasteiger partial charge in [-0.25, -0.2) is 13.4 Å². The highest BCUT2D eigenvalue weighted by molar-refractivity contribution is 9.10. The summed E-state index contributed by atoms with van der Waals surface area (Å²) < 4.78 is 25.6. The first kappa shape index (κ1) is 15.6. The Morgan fingerprint density at radius 3 is 2.55 bits per heavy atom. The van der Waals surface area contributed by atoms with Gasteiger partial charge in [0.05, 0.1) is 4.47 Å². The SMILES string of the molecule is Cc1c(Br)c(=O)n(C2CCCC2)c2nc(S(C)(=O)=O)ncc12. The summed E-state index contributed by atoms with van der Waals surface area (Å²) in [6, 6.07) is 0.0641. The van der Waals surface area contributed by atoms with E-state index in [4.69, 9.17) is 0 Å². The first-order valence-corrected chi connectivity index (χ1v) is 9.76. The van der Waals surface area contributed by atoms with Crippen LogP contribution in [0.5, 0.6) is 0 Å². The third kappa shape index (κ3) is 2.48. The Morgan fingerprint density at radius 1 is 1.32 bits per heavy atom. The molecule has 2 aromatic rings. The number of sulfone groups is 1. The van der Waals surface area contributed by atoms with Gasteiger partial charge in [0.25, 0.3) is 5.56 Å². The molecule has 0 unspecified atom stereocenters. The quantitative estimate of drug-likeness (QED) is 0.741. The van der Waals surface area contributed by atoms with Gasteiger partial charge in [-0.2, -0.15) is 4.98 Å². The maximum absolute atomic E-state index is 12.7. The molecule has 8 heteroatoms. The molecular formula is C14H16BrN3O3S. The van der Waals surface area contributed by atoms with Crippen molar-refractivity contribution in [3.63, 3.8) is 0 Å². The second kappa shape index (κ2) is 5.42. The summed E-state index contributed by atoms with van der Waals surface area (Å²) in [5, 5.41) is 0.457. The number of halogens is 1. The highest BCUT2D eigenvalue weighted by Gasteiger charge is 2.24. The number of fused-ring (bicyclic) bond motifs is 1. The summed E-state index contributed by atoms with van der Waals surface area (Å²) in [5.74, 6) is 0. The van der Waals surface area contributed by atoms with Crippen LogP contribution in [-0.4, -0.2) is 29.2 Å². The van der Waals surface area contributed by atoms with Crippen LogP contribution in [-0.2, 0) is 9.84 Å². The van der Waals surface area contributed by atoms with Crippen molar-refractivity contribution in [1.82, 2.24) is 14.5 Å². The average molecular weight is 386 g/mol. The molecule has 0 bridgehead atoms. The van der Waals surface area contributed by atoms with Gasteiger partial charge in [-0.05, 0) is 41.3 Å². The predicted octanol–water partition coefficient (Wildman–Crippen LogP) is 2.38. The van der Waals surface area contributed by atoms with Gasteiger partial charge in [0.1, 0.15) is 5.65 Å². The van der Waals surface area contributed by atoms with Crippen LogP contribution in [0.1, 0.15) is 37.3 Å². The molecule has 2 aromatic heterocycles. The molecule has 1 aliphatic rings. The van der Waals surface area contributed by atoms with Gasteiger partial charge in [0.2, 0.25) is 15.0 Å². The van der Waals surface area contributed by atoms with Gasteiger partial charge in [-0.15, -0.1) is 0 Å². The molecule has 0 aliphatic heterocycles. The Kier molecular flexibility index (Phi) is 3.84.